The van der Waals surface area contributed by atoms with E-state index >= 15 is 0 Å². The first-order valence-corrected chi connectivity index (χ1v) is 7.11. The predicted octanol–water partition coefficient (Wildman–Crippen LogP) is 3.08. The van der Waals surface area contributed by atoms with Gasteiger partial charge in [-0.1, -0.05) is 17.7 Å². The molecule has 0 bridgehead atoms. The number of halogens is 1. The average molecular weight is 337 g/mol. The quantitative estimate of drug-likeness (QED) is 0.782. The van der Waals surface area contributed by atoms with Gasteiger partial charge in [0.2, 0.25) is 5.95 Å². The summed E-state index contributed by atoms with van der Waals surface area (Å²) >= 11 is 3.39. The molecule has 0 aliphatic heterocycles. The fourth-order valence-electron chi connectivity index (χ4n) is 1.57. The molecule has 0 unspecified atom stereocenters. The third-order valence-electron chi connectivity index (χ3n) is 2.71. The Hall–Kier alpha value is -1.66. The number of benzene rings is 1. The van der Waals surface area contributed by atoms with E-state index in [1.54, 1.807) is 6.20 Å². The molecule has 1 aromatic heterocycles. The van der Waals surface area contributed by atoms with Crippen LogP contribution in [-0.4, -0.2) is 27.7 Å². The second-order valence-corrected chi connectivity index (χ2v) is 5.46. The summed E-state index contributed by atoms with van der Waals surface area (Å²) in [5, 5.41) is 15.3. The smallest absolute Gasteiger partial charge is 0.229 e. The van der Waals surface area contributed by atoms with E-state index in [2.05, 4.69) is 36.5 Å². The normalized spacial score (nSPS) is 12.0. The SMILES string of the molecule is Cc1ccc(Nc2ncc(Br)c(N[C@H](C)CO)n2)cc1. The van der Waals surface area contributed by atoms with Gasteiger partial charge in [-0.05, 0) is 41.9 Å². The maximum absolute atomic E-state index is 9.08. The zero-order valence-corrected chi connectivity index (χ0v) is 13.0. The van der Waals surface area contributed by atoms with Gasteiger partial charge in [0.15, 0.2) is 0 Å². The Balaban J connectivity index is 2.16. The first kappa shape index (κ1) is 14.7. The summed E-state index contributed by atoms with van der Waals surface area (Å²) in [6, 6.07) is 7.92. The van der Waals surface area contributed by atoms with Crippen molar-refractivity contribution in [1.29, 1.82) is 0 Å². The Morgan fingerprint density at radius 2 is 2.00 bits per heavy atom. The number of hydrogen-bond acceptors (Lipinski definition) is 5. The Morgan fingerprint density at radius 3 is 2.65 bits per heavy atom. The van der Waals surface area contributed by atoms with Crippen LogP contribution in [0.3, 0.4) is 0 Å². The third-order valence-corrected chi connectivity index (χ3v) is 3.29. The number of aromatic nitrogens is 2. The fraction of sp³-hybridized carbons (Fsp3) is 0.286. The molecule has 0 saturated carbocycles. The molecular formula is C14H17BrN4O. The van der Waals surface area contributed by atoms with E-state index in [0.717, 1.165) is 10.2 Å². The largest absolute Gasteiger partial charge is 0.394 e. The van der Waals surface area contributed by atoms with Crippen LogP contribution in [-0.2, 0) is 0 Å². The lowest BCUT2D eigenvalue weighted by molar-refractivity contribution is 0.281. The highest BCUT2D eigenvalue weighted by Gasteiger charge is 2.08. The predicted molar refractivity (Wildman–Crippen MR) is 84.4 cm³/mol. The van der Waals surface area contributed by atoms with Gasteiger partial charge in [-0.25, -0.2) is 4.98 Å². The number of aryl methyl sites for hydroxylation is 1. The number of nitrogens with one attached hydrogen (secondary N) is 2. The van der Waals surface area contributed by atoms with E-state index in [9.17, 15) is 0 Å². The number of anilines is 3. The van der Waals surface area contributed by atoms with Gasteiger partial charge in [-0.15, -0.1) is 0 Å². The molecule has 1 aromatic carbocycles. The van der Waals surface area contributed by atoms with Gasteiger partial charge >= 0.3 is 0 Å². The second-order valence-electron chi connectivity index (χ2n) is 4.61. The van der Waals surface area contributed by atoms with E-state index in [0.29, 0.717) is 11.8 Å². The van der Waals surface area contributed by atoms with Crippen molar-refractivity contribution in [2.75, 3.05) is 17.2 Å². The minimum Gasteiger partial charge on any atom is -0.394 e. The van der Waals surface area contributed by atoms with E-state index in [1.807, 2.05) is 38.1 Å². The van der Waals surface area contributed by atoms with Crippen molar-refractivity contribution in [3.05, 3.63) is 40.5 Å². The van der Waals surface area contributed by atoms with Crippen molar-refractivity contribution in [1.82, 2.24) is 9.97 Å². The third kappa shape index (κ3) is 3.91. The number of hydrogen-bond donors (Lipinski definition) is 3. The molecule has 106 valence electrons. The Bertz CT molecular complexity index is 574. The highest BCUT2D eigenvalue weighted by Crippen LogP contribution is 2.22. The Labute approximate surface area is 126 Å². The van der Waals surface area contributed by atoms with Crippen molar-refractivity contribution in [3.8, 4) is 0 Å². The van der Waals surface area contributed by atoms with Crippen LogP contribution in [0.2, 0.25) is 0 Å². The average Bonchev–Trinajstić information content (AvgIpc) is 2.45. The van der Waals surface area contributed by atoms with Gasteiger partial charge in [0.1, 0.15) is 5.82 Å². The van der Waals surface area contributed by atoms with Crippen molar-refractivity contribution >= 4 is 33.4 Å². The van der Waals surface area contributed by atoms with E-state index in [-0.39, 0.29) is 12.6 Å². The van der Waals surface area contributed by atoms with Crippen molar-refractivity contribution < 1.29 is 5.11 Å². The highest BCUT2D eigenvalue weighted by atomic mass is 79.9. The van der Waals surface area contributed by atoms with Crippen LogP contribution in [0.4, 0.5) is 17.5 Å². The van der Waals surface area contributed by atoms with E-state index in [1.165, 1.54) is 5.56 Å². The molecule has 0 aliphatic carbocycles. The minimum atomic E-state index is -0.0755. The summed E-state index contributed by atoms with van der Waals surface area (Å²) in [4.78, 5) is 8.60. The summed E-state index contributed by atoms with van der Waals surface area (Å²) in [6.45, 7) is 3.96. The van der Waals surface area contributed by atoms with Crippen LogP contribution in [0.25, 0.3) is 0 Å². The molecule has 20 heavy (non-hydrogen) atoms. The fourth-order valence-corrected chi connectivity index (χ4v) is 1.88. The standard InChI is InChI=1S/C14H17BrN4O/c1-9-3-5-11(6-4-9)18-14-16-7-12(15)13(19-14)17-10(2)8-20/h3-7,10,20H,8H2,1-2H3,(H2,16,17,18,19)/t10-/m1/s1. The number of aliphatic hydroxyl groups excluding tert-OH is 1. The first-order valence-electron chi connectivity index (χ1n) is 6.32. The number of aliphatic hydroxyl groups is 1. The Morgan fingerprint density at radius 1 is 1.30 bits per heavy atom. The molecule has 1 atom stereocenters. The van der Waals surface area contributed by atoms with Crippen LogP contribution in [0.1, 0.15) is 12.5 Å². The maximum Gasteiger partial charge on any atom is 0.229 e. The van der Waals surface area contributed by atoms with E-state index < -0.39 is 0 Å². The molecule has 3 N–H and O–H groups in total. The van der Waals surface area contributed by atoms with Crippen LogP contribution in [0.5, 0.6) is 0 Å². The molecule has 0 spiro atoms. The minimum absolute atomic E-state index is 0.0389. The molecule has 0 saturated heterocycles. The topological polar surface area (TPSA) is 70.1 Å². The lowest BCUT2D eigenvalue weighted by Gasteiger charge is -2.14. The molecule has 6 heteroatoms. The van der Waals surface area contributed by atoms with Crippen molar-refractivity contribution in [2.24, 2.45) is 0 Å². The second kappa shape index (κ2) is 6.67. The zero-order chi connectivity index (χ0) is 14.5. The maximum atomic E-state index is 9.08. The van der Waals surface area contributed by atoms with Gasteiger partial charge in [-0.2, -0.15) is 4.98 Å². The zero-order valence-electron chi connectivity index (χ0n) is 11.4. The van der Waals surface area contributed by atoms with Crippen molar-refractivity contribution in [3.63, 3.8) is 0 Å². The van der Waals surface area contributed by atoms with Crippen LogP contribution in [0, 0.1) is 6.92 Å². The molecule has 0 aliphatic rings. The lowest BCUT2D eigenvalue weighted by Crippen LogP contribution is -2.20. The van der Waals surface area contributed by atoms with Crippen LogP contribution in [0.15, 0.2) is 34.9 Å². The summed E-state index contributed by atoms with van der Waals surface area (Å²) in [5.41, 5.74) is 2.13. The first-order chi connectivity index (χ1) is 9.58. The molecule has 2 rings (SSSR count). The number of rotatable bonds is 5. The summed E-state index contributed by atoms with van der Waals surface area (Å²) < 4.78 is 0.757. The van der Waals surface area contributed by atoms with Gasteiger partial charge in [-0.3, -0.25) is 0 Å². The molecule has 1 heterocycles. The molecule has 5 nitrogen and oxygen atoms in total. The molecule has 2 aromatic rings. The van der Waals surface area contributed by atoms with Crippen molar-refractivity contribution in [2.45, 2.75) is 19.9 Å². The molecule has 0 amide bonds. The summed E-state index contributed by atoms with van der Waals surface area (Å²) in [5.74, 6) is 1.15. The lowest BCUT2D eigenvalue weighted by atomic mass is 10.2. The number of nitrogens with zero attached hydrogens (tertiary/aromatic N) is 2. The monoisotopic (exact) mass is 336 g/mol. The van der Waals surface area contributed by atoms with Gasteiger partial charge in [0, 0.05) is 17.9 Å². The van der Waals surface area contributed by atoms with Gasteiger partial charge in [0.25, 0.3) is 0 Å². The van der Waals surface area contributed by atoms with E-state index in [4.69, 9.17) is 5.11 Å². The molecular weight excluding hydrogens is 320 g/mol. The summed E-state index contributed by atoms with van der Waals surface area (Å²) in [7, 11) is 0. The van der Waals surface area contributed by atoms with Gasteiger partial charge < -0.3 is 15.7 Å². The van der Waals surface area contributed by atoms with Crippen LogP contribution < -0.4 is 10.6 Å². The summed E-state index contributed by atoms with van der Waals surface area (Å²) in [6.07, 6.45) is 1.68. The van der Waals surface area contributed by atoms with Gasteiger partial charge in [0.05, 0.1) is 11.1 Å². The molecule has 0 fully saturated rings. The highest BCUT2D eigenvalue weighted by molar-refractivity contribution is 9.10. The van der Waals surface area contributed by atoms with Crippen LogP contribution >= 0.6 is 15.9 Å². The molecule has 0 radical (unpaired) electrons. The Kier molecular flexibility index (Phi) is 4.92.